The van der Waals surface area contributed by atoms with Crippen LogP contribution in [0.15, 0.2) is 36.4 Å². The Morgan fingerprint density at radius 1 is 1.15 bits per heavy atom. The quantitative estimate of drug-likeness (QED) is 0.861. The molecule has 108 valence electrons. The fourth-order valence-corrected chi connectivity index (χ4v) is 3.08. The molecule has 0 radical (unpaired) electrons. The molecule has 0 heterocycles. The Hall–Kier alpha value is -1.59. The first-order chi connectivity index (χ1) is 9.44. The van der Waals surface area contributed by atoms with Crippen molar-refractivity contribution in [2.75, 3.05) is 7.11 Å². The molecule has 5 heteroatoms. The maximum Gasteiger partial charge on any atom is 0.268 e. The minimum absolute atomic E-state index is 0.308. The smallest absolute Gasteiger partial charge is 0.268 e. The van der Waals surface area contributed by atoms with Gasteiger partial charge in [0.05, 0.1) is 12.4 Å². The third-order valence-electron chi connectivity index (χ3n) is 3.45. The van der Waals surface area contributed by atoms with Crippen molar-refractivity contribution >= 4 is 20.9 Å². The van der Waals surface area contributed by atoms with Crippen LogP contribution in [-0.4, -0.2) is 25.3 Å². The molecule has 2 aromatic carbocycles. The molecule has 0 bridgehead atoms. The van der Waals surface area contributed by atoms with Gasteiger partial charge in [-0.25, -0.2) is 0 Å². The van der Waals surface area contributed by atoms with Crippen molar-refractivity contribution in [3.05, 3.63) is 42.0 Å². The lowest BCUT2D eigenvalue weighted by Crippen LogP contribution is -2.22. The summed E-state index contributed by atoms with van der Waals surface area (Å²) in [5.41, 5.74) is 0.884. The van der Waals surface area contributed by atoms with E-state index in [-0.39, 0.29) is 0 Å². The molecule has 1 atom stereocenters. The van der Waals surface area contributed by atoms with E-state index in [0.29, 0.717) is 12.8 Å². The molecule has 0 spiro atoms. The summed E-state index contributed by atoms with van der Waals surface area (Å²) in [7, 11) is -2.40. The predicted octanol–water partition coefficient (Wildman–Crippen LogP) is 3.06. The summed E-state index contributed by atoms with van der Waals surface area (Å²) < 4.78 is 36.9. The minimum atomic E-state index is -4.00. The maximum atomic E-state index is 11.3. The van der Waals surface area contributed by atoms with Crippen LogP contribution < -0.4 is 4.74 Å². The van der Waals surface area contributed by atoms with Crippen LogP contribution in [0.4, 0.5) is 0 Å². The number of hydrogen-bond acceptors (Lipinski definition) is 3. The average molecular weight is 294 g/mol. The van der Waals surface area contributed by atoms with Gasteiger partial charge in [0.2, 0.25) is 0 Å². The van der Waals surface area contributed by atoms with Crippen molar-refractivity contribution in [1.82, 2.24) is 0 Å². The van der Waals surface area contributed by atoms with Gasteiger partial charge in [0.1, 0.15) is 5.75 Å². The monoisotopic (exact) mass is 294 g/mol. The van der Waals surface area contributed by atoms with Crippen molar-refractivity contribution in [3.63, 3.8) is 0 Å². The van der Waals surface area contributed by atoms with Gasteiger partial charge in [-0.15, -0.1) is 0 Å². The van der Waals surface area contributed by atoms with Crippen molar-refractivity contribution in [2.45, 2.75) is 25.0 Å². The first-order valence-electron chi connectivity index (χ1n) is 6.47. The lowest BCUT2D eigenvalue weighted by atomic mass is 10.0. The van der Waals surface area contributed by atoms with E-state index >= 15 is 0 Å². The summed E-state index contributed by atoms with van der Waals surface area (Å²) in [4.78, 5) is 0. The van der Waals surface area contributed by atoms with Crippen LogP contribution >= 0.6 is 0 Å². The van der Waals surface area contributed by atoms with Gasteiger partial charge in [0, 0.05) is 0 Å². The minimum Gasteiger partial charge on any atom is -0.497 e. The van der Waals surface area contributed by atoms with Gasteiger partial charge in [0.15, 0.2) is 0 Å². The highest BCUT2D eigenvalue weighted by Crippen LogP contribution is 2.23. The number of rotatable bonds is 5. The van der Waals surface area contributed by atoms with Gasteiger partial charge >= 0.3 is 0 Å². The molecule has 0 aromatic heterocycles. The zero-order valence-electron chi connectivity index (χ0n) is 11.5. The fraction of sp³-hybridized carbons (Fsp3) is 0.333. The van der Waals surface area contributed by atoms with Crippen molar-refractivity contribution in [2.24, 2.45) is 0 Å². The Bertz CT molecular complexity index is 707. The summed E-state index contributed by atoms with van der Waals surface area (Å²) in [6, 6.07) is 11.5. The molecule has 0 aliphatic rings. The van der Waals surface area contributed by atoms with Crippen LogP contribution in [0.25, 0.3) is 10.8 Å². The van der Waals surface area contributed by atoms with E-state index in [9.17, 15) is 13.0 Å². The average Bonchev–Trinajstić information content (AvgIpc) is 2.42. The third kappa shape index (κ3) is 3.29. The number of fused-ring (bicyclic) bond motifs is 1. The van der Waals surface area contributed by atoms with E-state index < -0.39 is 15.4 Å². The summed E-state index contributed by atoms with van der Waals surface area (Å²) in [6.45, 7) is 1.75. The van der Waals surface area contributed by atoms with Gasteiger partial charge < -0.3 is 4.74 Å². The highest BCUT2D eigenvalue weighted by molar-refractivity contribution is 7.86. The Kier molecular flexibility index (Phi) is 4.30. The number of hydrogen-bond donors (Lipinski definition) is 1. The molecule has 0 aliphatic carbocycles. The summed E-state index contributed by atoms with van der Waals surface area (Å²) in [5.74, 6) is 0.761. The van der Waals surface area contributed by atoms with Gasteiger partial charge in [0.25, 0.3) is 10.1 Å². The van der Waals surface area contributed by atoms with Gasteiger partial charge in [-0.3, -0.25) is 4.55 Å². The molecule has 0 saturated heterocycles. The first kappa shape index (κ1) is 14.8. The molecular formula is C15H18O4S. The van der Waals surface area contributed by atoms with Crippen LogP contribution in [-0.2, 0) is 16.5 Å². The third-order valence-corrected chi connectivity index (χ3v) is 4.79. The van der Waals surface area contributed by atoms with Crippen LogP contribution in [0.2, 0.25) is 0 Å². The highest BCUT2D eigenvalue weighted by Gasteiger charge is 2.21. The second-order valence-corrected chi connectivity index (χ2v) is 6.49. The maximum absolute atomic E-state index is 11.3. The SMILES string of the molecule is CCC(Cc1ccc2ccc(OC)cc2c1)S(=O)(=O)O. The van der Waals surface area contributed by atoms with E-state index in [2.05, 4.69) is 0 Å². The zero-order valence-corrected chi connectivity index (χ0v) is 12.4. The predicted molar refractivity (Wildman–Crippen MR) is 79.8 cm³/mol. The molecule has 1 unspecified atom stereocenters. The van der Waals surface area contributed by atoms with Crippen LogP contribution in [0.5, 0.6) is 5.75 Å². The summed E-state index contributed by atoms with van der Waals surface area (Å²) in [5, 5.41) is 1.30. The molecule has 0 saturated carbocycles. The molecule has 2 aromatic rings. The standard InChI is InChI=1S/C15H18O4S/c1-3-15(20(16,17)18)9-11-4-5-12-6-7-14(19-2)10-13(12)8-11/h4-8,10,15H,3,9H2,1-2H3,(H,16,17,18). The Morgan fingerprint density at radius 2 is 1.85 bits per heavy atom. The van der Waals surface area contributed by atoms with Gasteiger partial charge in [-0.05, 0) is 41.3 Å². The van der Waals surface area contributed by atoms with Crippen LogP contribution in [0.1, 0.15) is 18.9 Å². The second-order valence-electron chi connectivity index (χ2n) is 4.80. The van der Waals surface area contributed by atoms with Crippen molar-refractivity contribution in [1.29, 1.82) is 0 Å². The largest absolute Gasteiger partial charge is 0.497 e. The number of benzene rings is 2. The van der Waals surface area contributed by atoms with Crippen LogP contribution in [0.3, 0.4) is 0 Å². The highest BCUT2D eigenvalue weighted by atomic mass is 32.2. The van der Waals surface area contributed by atoms with E-state index in [1.807, 2.05) is 36.4 Å². The molecule has 1 N–H and O–H groups in total. The molecule has 4 nitrogen and oxygen atoms in total. The Balaban J connectivity index is 2.35. The van der Waals surface area contributed by atoms with E-state index in [4.69, 9.17) is 4.74 Å². The first-order valence-corrected chi connectivity index (χ1v) is 7.97. The molecule has 0 fully saturated rings. The topological polar surface area (TPSA) is 63.6 Å². The summed E-state index contributed by atoms with van der Waals surface area (Å²) >= 11 is 0. The van der Waals surface area contributed by atoms with Gasteiger partial charge in [-0.1, -0.05) is 31.2 Å². The molecule has 20 heavy (non-hydrogen) atoms. The lowest BCUT2D eigenvalue weighted by Gasteiger charge is -2.12. The second kappa shape index (κ2) is 5.81. The van der Waals surface area contributed by atoms with Gasteiger partial charge in [-0.2, -0.15) is 8.42 Å². The Morgan fingerprint density at radius 3 is 2.45 bits per heavy atom. The molecule has 0 aliphatic heterocycles. The molecule has 2 rings (SSSR count). The number of methoxy groups -OCH3 is 1. The van der Waals surface area contributed by atoms with Crippen molar-refractivity contribution in [3.8, 4) is 5.75 Å². The van der Waals surface area contributed by atoms with Crippen LogP contribution in [0, 0.1) is 0 Å². The van der Waals surface area contributed by atoms with E-state index in [1.165, 1.54) is 0 Å². The summed E-state index contributed by atoms with van der Waals surface area (Å²) in [6.07, 6.45) is 0.692. The fourth-order valence-electron chi connectivity index (χ4n) is 2.25. The zero-order chi connectivity index (χ0) is 14.8. The van der Waals surface area contributed by atoms with E-state index in [0.717, 1.165) is 22.1 Å². The van der Waals surface area contributed by atoms with Crippen molar-refractivity contribution < 1.29 is 17.7 Å². The molecular weight excluding hydrogens is 276 g/mol. The normalized spacial score (nSPS) is 13.3. The Labute approximate surface area is 119 Å². The number of ether oxygens (including phenoxy) is 1. The van der Waals surface area contributed by atoms with E-state index in [1.54, 1.807) is 14.0 Å². The molecule has 0 amide bonds. The lowest BCUT2D eigenvalue weighted by molar-refractivity contribution is 0.415.